The molecule has 2 radical (unpaired) electrons. The van der Waals surface area contributed by atoms with Crippen LogP contribution in [0.5, 0.6) is 0 Å². The van der Waals surface area contributed by atoms with Crippen LogP contribution in [-0.2, 0) is 3.76 Å². The third kappa shape index (κ3) is 9.70. The van der Waals surface area contributed by atoms with Gasteiger partial charge in [0.05, 0.1) is 0 Å². The minimum atomic E-state index is -1.67. The molecular weight excluding hydrogens is 413 g/mol. The predicted molar refractivity (Wildman–Crippen MR) is 114 cm³/mol. The Bertz CT molecular complexity index is 384. The van der Waals surface area contributed by atoms with Crippen LogP contribution in [0.25, 0.3) is 0 Å². The molecule has 0 aliphatic carbocycles. The van der Waals surface area contributed by atoms with Crippen molar-refractivity contribution in [3.8, 4) is 0 Å². The van der Waals surface area contributed by atoms with Crippen LogP contribution in [0.2, 0.25) is 26.3 Å². The standard InChI is InChI=1S/C21H34Ge2O/c1-7-13-21(14-8-2,24-23(18-11-5)19-12-6)15-20-22(16-9-3)17-10-4/h7-12H,1-6,13-20H2. The van der Waals surface area contributed by atoms with Crippen LogP contribution in [0.3, 0.4) is 0 Å². The molecule has 0 heterocycles. The molecule has 0 aliphatic rings. The molecular formula is C21H34Ge2O. The van der Waals surface area contributed by atoms with E-state index in [4.69, 9.17) is 3.76 Å². The summed E-state index contributed by atoms with van der Waals surface area (Å²) in [6.45, 7) is 23.6. The van der Waals surface area contributed by atoms with Gasteiger partial charge >= 0.3 is 160 Å². The fraction of sp³-hybridized carbons (Fsp3) is 0.429. The van der Waals surface area contributed by atoms with Crippen LogP contribution >= 0.6 is 0 Å². The summed E-state index contributed by atoms with van der Waals surface area (Å²) in [4.78, 5) is 0. The van der Waals surface area contributed by atoms with Gasteiger partial charge in [-0.3, -0.25) is 0 Å². The van der Waals surface area contributed by atoms with E-state index in [0.29, 0.717) is 0 Å². The molecule has 0 amide bonds. The van der Waals surface area contributed by atoms with E-state index >= 15 is 0 Å². The fourth-order valence-corrected chi connectivity index (χ4v) is 11.4. The molecule has 0 atom stereocenters. The first kappa shape index (κ1) is 23.5. The first-order valence-corrected chi connectivity index (χ1v) is 16.9. The minimum absolute atomic E-state index is 0.133. The molecule has 0 aromatic heterocycles. The van der Waals surface area contributed by atoms with Crippen molar-refractivity contribution in [2.45, 2.75) is 51.1 Å². The summed E-state index contributed by atoms with van der Waals surface area (Å²) in [6, 6.07) is 0. The Morgan fingerprint density at radius 3 is 1.50 bits per heavy atom. The van der Waals surface area contributed by atoms with Crippen LogP contribution < -0.4 is 0 Å². The number of hydrogen-bond acceptors (Lipinski definition) is 1. The molecule has 0 bridgehead atoms. The van der Waals surface area contributed by atoms with E-state index in [0.717, 1.165) is 29.8 Å². The zero-order valence-corrected chi connectivity index (χ0v) is 19.5. The summed E-state index contributed by atoms with van der Waals surface area (Å²) in [5.74, 6) is 0. The maximum absolute atomic E-state index is 6.76. The average Bonchev–Trinajstić information content (AvgIpc) is 2.54. The van der Waals surface area contributed by atoms with Crippen molar-refractivity contribution in [3.63, 3.8) is 0 Å². The second-order valence-corrected chi connectivity index (χ2v) is 16.3. The summed E-state index contributed by atoms with van der Waals surface area (Å²) in [7, 11) is 0. The Kier molecular flexibility index (Phi) is 14.5. The first-order valence-electron chi connectivity index (χ1n) is 8.64. The molecule has 0 aliphatic heterocycles. The van der Waals surface area contributed by atoms with Crippen molar-refractivity contribution in [1.29, 1.82) is 0 Å². The van der Waals surface area contributed by atoms with Crippen LogP contribution in [0.15, 0.2) is 75.9 Å². The van der Waals surface area contributed by atoms with Gasteiger partial charge in [0.2, 0.25) is 0 Å². The van der Waals surface area contributed by atoms with E-state index in [1.165, 1.54) is 15.8 Å². The first-order chi connectivity index (χ1) is 11.6. The molecule has 0 aromatic rings. The van der Waals surface area contributed by atoms with Crippen molar-refractivity contribution in [3.05, 3.63) is 75.9 Å². The zero-order chi connectivity index (χ0) is 18.3. The SMILES string of the molecule is C=C[CH2][Ge]([CH2]C=C)[CH2]CC(CC=C)(CC=C)[O][Ge]([CH2]C=C)[CH2]C=C. The van der Waals surface area contributed by atoms with E-state index in [9.17, 15) is 0 Å². The molecule has 0 rings (SSSR count). The molecule has 0 spiro atoms. The fourth-order valence-electron chi connectivity index (χ4n) is 2.84. The molecule has 0 saturated heterocycles. The van der Waals surface area contributed by atoms with Gasteiger partial charge < -0.3 is 0 Å². The van der Waals surface area contributed by atoms with Crippen LogP contribution in [0.4, 0.5) is 0 Å². The quantitative estimate of drug-likeness (QED) is 0.182. The van der Waals surface area contributed by atoms with Gasteiger partial charge in [0.25, 0.3) is 0 Å². The normalized spacial score (nSPS) is 11.2. The van der Waals surface area contributed by atoms with Gasteiger partial charge in [-0.05, 0) is 0 Å². The molecule has 132 valence electrons. The van der Waals surface area contributed by atoms with Crippen molar-refractivity contribution >= 4 is 29.0 Å². The summed E-state index contributed by atoms with van der Waals surface area (Å²) < 4.78 is 6.76. The maximum atomic E-state index is 6.76. The Hall–Kier alpha value is -0.514. The molecule has 0 saturated carbocycles. The topological polar surface area (TPSA) is 9.23 Å². The van der Waals surface area contributed by atoms with Crippen LogP contribution in [0, 0.1) is 0 Å². The summed E-state index contributed by atoms with van der Waals surface area (Å²) in [5, 5.41) is 5.65. The van der Waals surface area contributed by atoms with Crippen molar-refractivity contribution in [2.24, 2.45) is 0 Å². The second kappa shape index (κ2) is 14.8. The predicted octanol–water partition coefficient (Wildman–Crippen LogP) is 6.51. The van der Waals surface area contributed by atoms with E-state index in [1.807, 2.05) is 24.3 Å². The summed E-state index contributed by atoms with van der Waals surface area (Å²) >= 11 is -2.83. The van der Waals surface area contributed by atoms with Crippen molar-refractivity contribution in [2.75, 3.05) is 0 Å². The van der Waals surface area contributed by atoms with Gasteiger partial charge in [-0.2, -0.15) is 0 Å². The molecule has 0 aromatic carbocycles. The Morgan fingerprint density at radius 2 is 1.12 bits per heavy atom. The molecule has 0 fully saturated rings. The van der Waals surface area contributed by atoms with Gasteiger partial charge in [0, 0.05) is 0 Å². The molecule has 1 nitrogen and oxygen atoms in total. The Balaban J connectivity index is 5.19. The summed E-state index contributed by atoms with van der Waals surface area (Å²) in [6.07, 6.45) is 15.0. The molecule has 0 unspecified atom stereocenters. The van der Waals surface area contributed by atoms with E-state index < -0.39 is 29.0 Å². The van der Waals surface area contributed by atoms with Gasteiger partial charge in [0.15, 0.2) is 0 Å². The Labute approximate surface area is 159 Å². The van der Waals surface area contributed by atoms with Crippen molar-refractivity contribution in [1.82, 2.24) is 0 Å². The zero-order valence-electron chi connectivity index (χ0n) is 15.3. The van der Waals surface area contributed by atoms with E-state index in [2.05, 4.69) is 51.6 Å². The monoisotopic (exact) mass is 450 g/mol. The van der Waals surface area contributed by atoms with Gasteiger partial charge in [0.1, 0.15) is 0 Å². The van der Waals surface area contributed by atoms with Gasteiger partial charge in [-0.25, -0.2) is 0 Å². The average molecular weight is 448 g/mol. The van der Waals surface area contributed by atoms with Crippen LogP contribution in [0.1, 0.15) is 19.3 Å². The number of hydrogen-bond donors (Lipinski definition) is 0. The van der Waals surface area contributed by atoms with Crippen LogP contribution in [-0.4, -0.2) is 34.6 Å². The second-order valence-electron chi connectivity index (χ2n) is 6.03. The third-order valence-electron chi connectivity index (χ3n) is 3.94. The van der Waals surface area contributed by atoms with Crippen molar-refractivity contribution < 1.29 is 3.76 Å². The third-order valence-corrected chi connectivity index (χ3v) is 14.2. The number of rotatable bonds is 17. The molecule has 3 heteroatoms. The van der Waals surface area contributed by atoms with Gasteiger partial charge in [-0.15, -0.1) is 0 Å². The molecule has 0 N–H and O–H groups in total. The Morgan fingerprint density at radius 1 is 0.667 bits per heavy atom. The van der Waals surface area contributed by atoms with E-state index in [1.54, 1.807) is 0 Å². The molecule has 24 heavy (non-hydrogen) atoms. The van der Waals surface area contributed by atoms with E-state index in [-0.39, 0.29) is 5.60 Å². The summed E-state index contributed by atoms with van der Waals surface area (Å²) in [5.41, 5.74) is -0.133. The number of allylic oxidation sites excluding steroid dienone is 4. The van der Waals surface area contributed by atoms with Gasteiger partial charge in [-0.1, -0.05) is 0 Å².